The Kier molecular flexibility index (Phi) is 8.98. The number of ether oxygens (including phenoxy) is 1. The highest BCUT2D eigenvalue weighted by atomic mass is 35.5. The minimum absolute atomic E-state index is 0.0541. The summed E-state index contributed by atoms with van der Waals surface area (Å²) in [5, 5.41) is 31.4. The standard InChI is InChI=1S/C20H21Cl2N5O4.C2H4O2/c1-10(31-8-11-5-3-2-4-6-11)19(30)24-12-7-13(16(29)15(12)28)27-9-23-14-17(21)25-20(22)26-18(14)27;1-2(3)4/h2-6,9-10,12-13,15-16,28-29H,7-8H2,1H3,(H,24,30);1H3,(H,3,4)/t10-,12+,13-,15-,16+;/m1./s1. The average molecular weight is 526 g/mol. The van der Waals surface area contributed by atoms with E-state index in [1.165, 1.54) is 6.33 Å². The minimum atomic E-state index is -1.18. The highest BCUT2D eigenvalue weighted by Gasteiger charge is 2.44. The number of halogens is 2. The number of hydrogen-bond acceptors (Lipinski definition) is 8. The molecule has 1 amide bonds. The van der Waals surface area contributed by atoms with Gasteiger partial charge in [-0.2, -0.15) is 4.98 Å². The monoisotopic (exact) mass is 525 g/mol. The second-order valence-corrected chi connectivity index (χ2v) is 8.66. The number of carboxylic acid groups (broad SMARTS) is 1. The van der Waals surface area contributed by atoms with Gasteiger partial charge in [0.2, 0.25) is 11.2 Å². The maximum atomic E-state index is 12.6. The first-order valence-corrected chi connectivity index (χ1v) is 11.4. The van der Waals surface area contributed by atoms with Gasteiger partial charge in [-0.1, -0.05) is 41.9 Å². The summed E-state index contributed by atoms with van der Waals surface area (Å²) in [7, 11) is 0. The molecule has 1 saturated carbocycles. The van der Waals surface area contributed by atoms with Crippen LogP contribution >= 0.6 is 23.2 Å². The molecular formula is C22H25Cl2N5O6. The molecule has 4 N–H and O–H groups in total. The summed E-state index contributed by atoms with van der Waals surface area (Å²) in [6, 6.07) is 8.23. The zero-order valence-electron chi connectivity index (χ0n) is 18.9. The smallest absolute Gasteiger partial charge is 0.300 e. The van der Waals surface area contributed by atoms with Crippen LogP contribution in [0.4, 0.5) is 0 Å². The Balaban J connectivity index is 0.000000795. The van der Waals surface area contributed by atoms with Crippen LogP contribution in [-0.4, -0.2) is 71.1 Å². The van der Waals surface area contributed by atoms with Crippen LogP contribution in [0.3, 0.4) is 0 Å². The summed E-state index contributed by atoms with van der Waals surface area (Å²) in [6.07, 6.45) is -1.36. The third-order valence-electron chi connectivity index (χ3n) is 5.40. The molecule has 0 aliphatic heterocycles. The van der Waals surface area contributed by atoms with Gasteiger partial charge in [-0.05, 0) is 30.5 Å². The highest BCUT2D eigenvalue weighted by molar-refractivity contribution is 6.35. The van der Waals surface area contributed by atoms with Crippen molar-refractivity contribution >= 4 is 46.2 Å². The van der Waals surface area contributed by atoms with E-state index in [1.54, 1.807) is 11.5 Å². The molecule has 3 aromatic rings. The summed E-state index contributed by atoms with van der Waals surface area (Å²) in [4.78, 5) is 33.7. The van der Waals surface area contributed by atoms with E-state index in [1.807, 2.05) is 30.3 Å². The molecule has 188 valence electrons. The van der Waals surface area contributed by atoms with Crippen molar-refractivity contribution in [2.24, 2.45) is 0 Å². The Morgan fingerprint density at radius 2 is 1.86 bits per heavy atom. The summed E-state index contributed by atoms with van der Waals surface area (Å²) in [5.74, 6) is -1.21. The topological polar surface area (TPSA) is 160 Å². The van der Waals surface area contributed by atoms with Gasteiger partial charge in [0, 0.05) is 6.92 Å². The molecule has 1 aliphatic carbocycles. The molecule has 11 nitrogen and oxygen atoms in total. The summed E-state index contributed by atoms with van der Waals surface area (Å²) in [6.45, 7) is 3.01. The number of nitrogens with zero attached hydrogens (tertiary/aromatic N) is 4. The Morgan fingerprint density at radius 3 is 2.51 bits per heavy atom. The maximum Gasteiger partial charge on any atom is 0.300 e. The van der Waals surface area contributed by atoms with Crippen LogP contribution in [0.5, 0.6) is 0 Å². The lowest BCUT2D eigenvalue weighted by atomic mass is 10.2. The molecule has 4 rings (SSSR count). The molecule has 0 radical (unpaired) electrons. The van der Waals surface area contributed by atoms with Gasteiger partial charge in [0.1, 0.15) is 23.8 Å². The highest BCUT2D eigenvalue weighted by Crippen LogP contribution is 2.34. The predicted molar refractivity (Wildman–Crippen MR) is 127 cm³/mol. The van der Waals surface area contributed by atoms with Crippen molar-refractivity contribution in [3.63, 3.8) is 0 Å². The zero-order valence-corrected chi connectivity index (χ0v) is 20.4. The van der Waals surface area contributed by atoms with Gasteiger partial charge < -0.3 is 29.9 Å². The lowest BCUT2D eigenvalue weighted by molar-refractivity contribution is -0.135. The molecular weight excluding hydrogens is 501 g/mol. The fourth-order valence-electron chi connectivity index (χ4n) is 3.70. The lowest BCUT2D eigenvalue weighted by Crippen LogP contribution is -2.46. The van der Waals surface area contributed by atoms with E-state index >= 15 is 0 Å². The Labute approximate surface area is 210 Å². The number of carboxylic acids is 1. The normalized spacial score (nSPS) is 22.3. The molecule has 2 aromatic heterocycles. The Morgan fingerprint density at radius 1 is 1.20 bits per heavy atom. The quantitative estimate of drug-likeness (QED) is 0.278. The molecule has 1 aliphatic rings. The molecule has 5 atom stereocenters. The minimum Gasteiger partial charge on any atom is -0.481 e. The number of rotatable bonds is 6. The lowest BCUT2D eigenvalue weighted by Gasteiger charge is -2.20. The van der Waals surface area contributed by atoms with E-state index in [4.69, 9.17) is 37.8 Å². The van der Waals surface area contributed by atoms with Crippen molar-refractivity contribution in [1.82, 2.24) is 24.8 Å². The van der Waals surface area contributed by atoms with Crippen molar-refractivity contribution in [1.29, 1.82) is 0 Å². The SMILES string of the molecule is CC(=O)O.C[C@@H](OCc1ccccc1)C(=O)N[C@H]1C[C@@H](n2cnc3c(Cl)nc(Cl)nc32)[C@H](O)[C@@H]1O. The van der Waals surface area contributed by atoms with Gasteiger partial charge in [-0.3, -0.25) is 9.59 Å². The average Bonchev–Trinajstić information content (AvgIpc) is 3.34. The Bertz CT molecular complexity index is 1170. The van der Waals surface area contributed by atoms with E-state index in [0.717, 1.165) is 12.5 Å². The number of aliphatic hydroxyl groups is 2. The number of benzene rings is 1. The van der Waals surface area contributed by atoms with Crippen LogP contribution in [0.15, 0.2) is 36.7 Å². The second kappa shape index (κ2) is 11.7. The number of carbonyl (C=O) groups excluding carboxylic acids is 1. The van der Waals surface area contributed by atoms with Crippen LogP contribution in [0.1, 0.15) is 31.9 Å². The van der Waals surface area contributed by atoms with Crippen LogP contribution in [0.2, 0.25) is 10.4 Å². The molecule has 1 fully saturated rings. The summed E-state index contributed by atoms with van der Waals surface area (Å²) >= 11 is 12.0. The van der Waals surface area contributed by atoms with Crippen molar-refractivity contribution in [2.45, 2.75) is 57.3 Å². The maximum absolute atomic E-state index is 12.6. The van der Waals surface area contributed by atoms with E-state index in [2.05, 4.69) is 20.3 Å². The van der Waals surface area contributed by atoms with Crippen molar-refractivity contribution in [2.75, 3.05) is 0 Å². The second-order valence-electron chi connectivity index (χ2n) is 7.96. The molecule has 0 unspecified atom stereocenters. The fourth-order valence-corrected chi connectivity index (χ4v) is 4.12. The van der Waals surface area contributed by atoms with Crippen molar-refractivity contribution in [3.8, 4) is 0 Å². The zero-order chi connectivity index (χ0) is 25.7. The van der Waals surface area contributed by atoms with Gasteiger partial charge in [-0.25, -0.2) is 9.97 Å². The number of hydrogen-bond donors (Lipinski definition) is 4. The summed E-state index contributed by atoms with van der Waals surface area (Å²) in [5.41, 5.74) is 1.63. The molecule has 35 heavy (non-hydrogen) atoms. The number of imidazole rings is 1. The third-order valence-corrected chi connectivity index (χ3v) is 5.83. The number of aliphatic hydroxyl groups excluding tert-OH is 2. The number of nitrogens with one attached hydrogen (secondary N) is 1. The first kappa shape index (κ1) is 26.8. The predicted octanol–water partition coefficient (Wildman–Crippen LogP) is 1.98. The molecule has 0 bridgehead atoms. The first-order chi connectivity index (χ1) is 16.6. The van der Waals surface area contributed by atoms with E-state index in [-0.39, 0.29) is 29.4 Å². The van der Waals surface area contributed by atoms with Gasteiger partial charge in [0.25, 0.3) is 5.97 Å². The van der Waals surface area contributed by atoms with Crippen molar-refractivity contribution in [3.05, 3.63) is 52.7 Å². The number of aromatic nitrogens is 4. The van der Waals surface area contributed by atoms with Gasteiger partial charge >= 0.3 is 0 Å². The molecule has 2 heterocycles. The van der Waals surface area contributed by atoms with Crippen molar-refractivity contribution < 1.29 is 29.6 Å². The molecule has 0 spiro atoms. The third kappa shape index (κ3) is 6.65. The van der Waals surface area contributed by atoms with Crippen LogP contribution in [0.25, 0.3) is 11.2 Å². The van der Waals surface area contributed by atoms with Crippen LogP contribution in [-0.2, 0) is 20.9 Å². The van der Waals surface area contributed by atoms with E-state index in [0.29, 0.717) is 11.2 Å². The van der Waals surface area contributed by atoms with Gasteiger partial charge in [-0.15, -0.1) is 0 Å². The Hall–Kier alpha value is -2.83. The fraction of sp³-hybridized carbons (Fsp3) is 0.409. The number of fused-ring (bicyclic) bond motifs is 1. The molecule has 0 saturated heterocycles. The van der Waals surface area contributed by atoms with E-state index in [9.17, 15) is 15.0 Å². The van der Waals surface area contributed by atoms with Crippen LogP contribution < -0.4 is 5.32 Å². The summed E-state index contributed by atoms with van der Waals surface area (Å²) < 4.78 is 7.22. The number of amides is 1. The molecule has 1 aromatic carbocycles. The molecule has 13 heteroatoms. The number of aliphatic carboxylic acids is 1. The van der Waals surface area contributed by atoms with Gasteiger partial charge in [0.05, 0.1) is 25.0 Å². The van der Waals surface area contributed by atoms with Crippen LogP contribution in [0, 0.1) is 0 Å². The van der Waals surface area contributed by atoms with Gasteiger partial charge in [0.15, 0.2) is 10.8 Å². The van der Waals surface area contributed by atoms with E-state index < -0.39 is 36.4 Å². The number of carbonyl (C=O) groups is 2. The largest absolute Gasteiger partial charge is 0.481 e. The first-order valence-electron chi connectivity index (χ1n) is 10.7.